The number of benzene rings is 4. The minimum atomic E-state index is -1.33. The fraction of sp³-hybridized carbons (Fsp3) is 0.182. The number of amides is 1. The second kappa shape index (κ2) is 12.8. The zero-order valence-corrected chi connectivity index (χ0v) is 21.8. The molecule has 2 unspecified atom stereocenters. The lowest BCUT2D eigenvalue weighted by atomic mass is 9.75. The number of nitrogens with one attached hydrogen (secondary N) is 1. The van der Waals surface area contributed by atoms with Crippen molar-refractivity contribution in [3.05, 3.63) is 132 Å². The number of anilines is 1. The van der Waals surface area contributed by atoms with Crippen molar-refractivity contribution >= 4 is 23.2 Å². The lowest BCUT2D eigenvalue weighted by molar-refractivity contribution is -0.133. The molecular weight excluding hydrogens is 493 g/mol. The minimum absolute atomic E-state index is 0.214. The Balaban J connectivity index is 1.69. The Morgan fingerprint density at radius 1 is 0.769 bits per heavy atom. The van der Waals surface area contributed by atoms with E-state index >= 15 is 0 Å². The van der Waals surface area contributed by atoms with E-state index in [9.17, 15) is 18.8 Å². The van der Waals surface area contributed by atoms with Gasteiger partial charge in [0.05, 0.1) is 11.6 Å². The van der Waals surface area contributed by atoms with Crippen molar-refractivity contribution in [2.45, 2.75) is 26.4 Å². The molecule has 0 saturated heterocycles. The standard InChI is InChI=1S/C33H30FNO4/c1-22(2)31(36)30(29(24-13-7-4-8-14-24)32(37)25-17-19-26(34)20-18-25)33(38)35-27-15-9-10-16-28(27)39-21-23-11-5-3-6-12-23/h3-20,22,29-30H,21H2,1-2H3,(H,35,38). The summed E-state index contributed by atoms with van der Waals surface area (Å²) in [6.45, 7) is 3.69. The average molecular weight is 524 g/mol. The Morgan fingerprint density at radius 3 is 2.00 bits per heavy atom. The predicted molar refractivity (Wildman–Crippen MR) is 149 cm³/mol. The number of rotatable bonds is 11. The summed E-state index contributed by atoms with van der Waals surface area (Å²) in [4.78, 5) is 41.3. The van der Waals surface area contributed by atoms with Crippen molar-refractivity contribution in [3.8, 4) is 5.75 Å². The molecule has 2 atom stereocenters. The molecule has 6 heteroatoms. The van der Waals surface area contributed by atoms with Crippen molar-refractivity contribution in [1.82, 2.24) is 0 Å². The van der Waals surface area contributed by atoms with Crippen molar-refractivity contribution in [2.75, 3.05) is 5.32 Å². The molecule has 39 heavy (non-hydrogen) atoms. The van der Waals surface area contributed by atoms with E-state index in [1.807, 2.05) is 30.3 Å². The molecule has 4 aromatic carbocycles. The second-order valence-corrected chi connectivity index (χ2v) is 9.55. The monoisotopic (exact) mass is 523 g/mol. The van der Waals surface area contributed by atoms with Crippen LogP contribution in [0.5, 0.6) is 5.75 Å². The molecule has 0 aliphatic carbocycles. The first-order chi connectivity index (χ1) is 18.8. The molecule has 4 aromatic rings. The largest absolute Gasteiger partial charge is 0.487 e. The Hall–Kier alpha value is -4.58. The van der Waals surface area contributed by atoms with Crippen molar-refractivity contribution in [3.63, 3.8) is 0 Å². The highest BCUT2D eigenvalue weighted by atomic mass is 19.1. The summed E-state index contributed by atoms with van der Waals surface area (Å²) in [5.41, 5.74) is 2.09. The maximum Gasteiger partial charge on any atom is 0.236 e. The number of carbonyl (C=O) groups excluding carboxylic acids is 3. The van der Waals surface area contributed by atoms with Crippen LogP contribution in [0.2, 0.25) is 0 Å². The minimum Gasteiger partial charge on any atom is -0.487 e. The number of hydrogen-bond donors (Lipinski definition) is 1. The fourth-order valence-electron chi connectivity index (χ4n) is 4.39. The van der Waals surface area contributed by atoms with E-state index in [0.29, 0.717) is 17.0 Å². The van der Waals surface area contributed by atoms with E-state index in [2.05, 4.69) is 5.32 Å². The van der Waals surface area contributed by atoms with Crippen LogP contribution in [0.4, 0.5) is 10.1 Å². The molecule has 198 valence electrons. The predicted octanol–water partition coefficient (Wildman–Crippen LogP) is 6.85. The lowest BCUT2D eigenvalue weighted by Gasteiger charge is -2.27. The normalized spacial score (nSPS) is 12.4. The van der Waals surface area contributed by atoms with Gasteiger partial charge in [-0.1, -0.05) is 86.6 Å². The Bertz CT molecular complexity index is 1420. The molecule has 1 amide bonds. The molecule has 0 saturated carbocycles. The summed E-state index contributed by atoms with van der Waals surface area (Å²) in [5, 5.41) is 2.85. The summed E-state index contributed by atoms with van der Waals surface area (Å²) in [7, 11) is 0. The van der Waals surface area contributed by atoms with Gasteiger partial charge in [-0.25, -0.2) is 4.39 Å². The molecule has 1 N–H and O–H groups in total. The van der Waals surface area contributed by atoms with Crippen LogP contribution in [0, 0.1) is 17.7 Å². The average Bonchev–Trinajstić information content (AvgIpc) is 2.96. The fourth-order valence-corrected chi connectivity index (χ4v) is 4.39. The smallest absolute Gasteiger partial charge is 0.236 e. The van der Waals surface area contributed by atoms with Crippen LogP contribution in [0.3, 0.4) is 0 Å². The summed E-state index contributed by atoms with van der Waals surface area (Å²) in [6.07, 6.45) is 0. The van der Waals surface area contributed by atoms with Gasteiger partial charge in [-0.15, -0.1) is 0 Å². The van der Waals surface area contributed by atoms with Gasteiger partial charge in [0.1, 0.15) is 29.9 Å². The van der Waals surface area contributed by atoms with Crippen LogP contribution in [-0.4, -0.2) is 17.5 Å². The van der Waals surface area contributed by atoms with Gasteiger partial charge in [0.15, 0.2) is 5.78 Å². The molecule has 5 nitrogen and oxygen atoms in total. The van der Waals surface area contributed by atoms with E-state index in [4.69, 9.17) is 4.74 Å². The number of halogens is 1. The quantitative estimate of drug-likeness (QED) is 0.172. The summed E-state index contributed by atoms with van der Waals surface area (Å²) in [5.74, 6) is -4.43. The highest BCUT2D eigenvalue weighted by molar-refractivity contribution is 6.15. The van der Waals surface area contributed by atoms with Gasteiger partial charge >= 0.3 is 0 Å². The molecule has 0 radical (unpaired) electrons. The van der Waals surface area contributed by atoms with Crippen LogP contribution in [-0.2, 0) is 16.2 Å². The molecule has 0 aliphatic heterocycles. The van der Waals surface area contributed by atoms with E-state index in [-0.39, 0.29) is 18.0 Å². The van der Waals surface area contributed by atoms with Gasteiger partial charge in [0.2, 0.25) is 5.91 Å². The summed E-state index contributed by atoms with van der Waals surface area (Å²) in [6, 6.07) is 30.4. The second-order valence-electron chi connectivity index (χ2n) is 9.55. The Labute approximate surface area is 227 Å². The van der Waals surface area contributed by atoms with Crippen molar-refractivity contribution in [2.24, 2.45) is 11.8 Å². The van der Waals surface area contributed by atoms with Crippen LogP contribution in [0.15, 0.2) is 109 Å². The zero-order valence-electron chi connectivity index (χ0n) is 21.8. The number of ether oxygens (including phenoxy) is 1. The summed E-state index contributed by atoms with van der Waals surface area (Å²) < 4.78 is 19.6. The molecule has 4 rings (SSSR count). The molecule has 0 bridgehead atoms. The van der Waals surface area contributed by atoms with Crippen LogP contribution >= 0.6 is 0 Å². The Kier molecular flexibility index (Phi) is 9.00. The number of para-hydroxylation sites is 2. The maximum absolute atomic E-state index is 13.9. The van der Waals surface area contributed by atoms with Gasteiger partial charge < -0.3 is 10.1 Å². The van der Waals surface area contributed by atoms with Crippen molar-refractivity contribution < 1.29 is 23.5 Å². The first-order valence-electron chi connectivity index (χ1n) is 12.8. The number of Topliss-reactive ketones (excluding diaryl/α,β-unsaturated/α-hetero) is 2. The highest BCUT2D eigenvalue weighted by Gasteiger charge is 2.41. The first-order valence-corrected chi connectivity index (χ1v) is 12.8. The van der Waals surface area contributed by atoms with E-state index in [1.54, 1.807) is 68.4 Å². The van der Waals surface area contributed by atoms with Gasteiger partial charge in [-0.2, -0.15) is 0 Å². The van der Waals surface area contributed by atoms with Gasteiger partial charge in [0.25, 0.3) is 0 Å². The third-order valence-electron chi connectivity index (χ3n) is 6.44. The topological polar surface area (TPSA) is 72.5 Å². The molecule has 0 fully saturated rings. The molecule has 0 aromatic heterocycles. The number of hydrogen-bond acceptors (Lipinski definition) is 4. The molecular formula is C33H30FNO4. The highest BCUT2D eigenvalue weighted by Crippen LogP contribution is 2.34. The molecule has 0 spiro atoms. The van der Waals surface area contributed by atoms with Gasteiger partial charge in [0, 0.05) is 11.5 Å². The molecule has 0 aliphatic rings. The van der Waals surface area contributed by atoms with Crippen LogP contribution in [0.25, 0.3) is 0 Å². The third kappa shape index (κ3) is 6.85. The maximum atomic E-state index is 13.9. The van der Waals surface area contributed by atoms with Gasteiger partial charge in [-0.3, -0.25) is 14.4 Å². The van der Waals surface area contributed by atoms with Crippen LogP contribution in [0.1, 0.15) is 41.3 Å². The molecule has 0 heterocycles. The lowest BCUT2D eigenvalue weighted by Crippen LogP contribution is -2.40. The SMILES string of the molecule is CC(C)C(=O)C(C(=O)Nc1ccccc1OCc1ccccc1)C(C(=O)c1ccc(F)cc1)c1ccccc1. The van der Waals surface area contributed by atoms with Gasteiger partial charge in [-0.05, 0) is 47.5 Å². The third-order valence-corrected chi connectivity index (χ3v) is 6.44. The number of carbonyl (C=O) groups is 3. The van der Waals surface area contributed by atoms with E-state index in [0.717, 1.165) is 5.56 Å². The Morgan fingerprint density at radius 2 is 1.36 bits per heavy atom. The zero-order chi connectivity index (χ0) is 27.8. The summed E-state index contributed by atoms with van der Waals surface area (Å²) >= 11 is 0. The van der Waals surface area contributed by atoms with E-state index in [1.165, 1.54) is 24.3 Å². The van der Waals surface area contributed by atoms with E-state index < -0.39 is 35.3 Å². The van der Waals surface area contributed by atoms with Crippen LogP contribution < -0.4 is 10.1 Å². The number of ketones is 2. The van der Waals surface area contributed by atoms with Crippen molar-refractivity contribution in [1.29, 1.82) is 0 Å². The first kappa shape index (κ1) is 27.5.